The van der Waals surface area contributed by atoms with E-state index in [0.29, 0.717) is 24.8 Å². The van der Waals surface area contributed by atoms with Crippen LogP contribution in [0.3, 0.4) is 0 Å². The fraction of sp³-hybridized carbons (Fsp3) is 0.481. The van der Waals surface area contributed by atoms with Crippen LogP contribution < -0.4 is 10.1 Å². The number of methoxy groups -OCH3 is 1. The first-order valence-electron chi connectivity index (χ1n) is 12.4. The van der Waals surface area contributed by atoms with Crippen molar-refractivity contribution in [2.75, 3.05) is 25.5 Å². The molecule has 0 radical (unpaired) electrons. The molecule has 1 aromatic carbocycles. The van der Waals surface area contributed by atoms with Gasteiger partial charge >= 0.3 is 6.09 Å². The van der Waals surface area contributed by atoms with Gasteiger partial charge in [-0.1, -0.05) is 6.07 Å². The molecule has 8 heteroatoms. The van der Waals surface area contributed by atoms with Gasteiger partial charge in [0.2, 0.25) is 0 Å². The van der Waals surface area contributed by atoms with Crippen molar-refractivity contribution in [3.8, 4) is 17.0 Å². The van der Waals surface area contributed by atoms with E-state index >= 15 is 0 Å². The van der Waals surface area contributed by atoms with Crippen molar-refractivity contribution >= 4 is 22.7 Å². The molecular weight excluding hydrogens is 442 g/mol. The summed E-state index contributed by atoms with van der Waals surface area (Å²) in [5.41, 5.74) is 2.49. The normalized spacial score (nSPS) is 18.4. The van der Waals surface area contributed by atoms with E-state index in [1.165, 1.54) is 18.4 Å². The average Bonchev–Trinajstić information content (AvgIpc) is 3.69. The molecule has 1 N–H and O–H groups in total. The third-order valence-corrected chi connectivity index (χ3v) is 6.52. The van der Waals surface area contributed by atoms with E-state index in [-0.39, 0.29) is 12.1 Å². The molecule has 0 unspecified atom stereocenters. The first-order valence-corrected chi connectivity index (χ1v) is 12.4. The molecule has 0 spiro atoms. The molecule has 3 aromatic rings. The number of hydrogen-bond donors (Lipinski definition) is 1. The zero-order chi connectivity index (χ0) is 24.6. The average molecular weight is 476 g/mol. The highest BCUT2D eigenvalue weighted by Gasteiger charge is 2.29. The number of ether oxygens (including phenoxy) is 2. The Bertz CT molecular complexity index is 1240. The zero-order valence-electron chi connectivity index (χ0n) is 20.9. The fourth-order valence-electron chi connectivity index (χ4n) is 4.66. The summed E-state index contributed by atoms with van der Waals surface area (Å²) in [7, 11) is 1.70. The minimum atomic E-state index is -0.515. The van der Waals surface area contributed by atoms with E-state index in [1.807, 2.05) is 33.0 Å². The van der Waals surface area contributed by atoms with Crippen molar-refractivity contribution in [3.05, 3.63) is 42.2 Å². The molecule has 2 aliphatic rings. The monoisotopic (exact) mass is 475 g/mol. The Morgan fingerprint density at radius 3 is 2.69 bits per heavy atom. The number of carbonyl (C=O) groups excluding carboxylic acids is 1. The molecule has 1 saturated heterocycles. The Labute approximate surface area is 206 Å². The SMILES string of the molecule is COc1cc(C2CC2)ccc1-c1nnc(N[C@@H]2CCCN(C(=O)OC(C)(C)C)C2)c2cnccc12. The summed E-state index contributed by atoms with van der Waals surface area (Å²) >= 11 is 0. The Morgan fingerprint density at radius 1 is 1.11 bits per heavy atom. The van der Waals surface area contributed by atoms with Crippen LogP contribution in [0.4, 0.5) is 10.6 Å². The summed E-state index contributed by atoms with van der Waals surface area (Å²) in [6, 6.07) is 8.40. The van der Waals surface area contributed by atoms with Crippen LogP contribution in [0, 0.1) is 0 Å². The van der Waals surface area contributed by atoms with Crippen molar-refractivity contribution in [1.82, 2.24) is 20.1 Å². The standard InChI is InChI=1S/C27H33N5O3/c1-27(2,3)35-26(33)32-13-5-6-19(16-32)29-25-22-15-28-12-11-20(22)24(30-31-25)21-10-9-18(17-7-8-17)14-23(21)34-4/h9-12,14-15,17,19H,5-8,13,16H2,1-4H3,(H,29,31)/t19-/m1/s1. The van der Waals surface area contributed by atoms with Gasteiger partial charge in [-0.05, 0) is 76.1 Å². The van der Waals surface area contributed by atoms with Gasteiger partial charge < -0.3 is 19.7 Å². The van der Waals surface area contributed by atoms with Gasteiger partial charge in [-0.3, -0.25) is 4.98 Å². The molecule has 8 nitrogen and oxygen atoms in total. The second-order valence-electron chi connectivity index (χ2n) is 10.5. The predicted molar refractivity (Wildman–Crippen MR) is 136 cm³/mol. The summed E-state index contributed by atoms with van der Waals surface area (Å²) < 4.78 is 11.3. The number of benzene rings is 1. The van der Waals surface area contributed by atoms with E-state index in [2.05, 4.69) is 38.7 Å². The lowest BCUT2D eigenvalue weighted by Crippen LogP contribution is -2.47. The maximum atomic E-state index is 12.6. The lowest BCUT2D eigenvalue weighted by Gasteiger charge is -2.34. The zero-order valence-corrected chi connectivity index (χ0v) is 20.9. The molecule has 5 rings (SSSR count). The molecule has 1 amide bonds. The summed E-state index contributed by atoms with van der Waals surface area (Å²) in [4.78, 5) is 18.7. The quantitative estimate of drug-likeness (QED) is 0.529. The molecule has 1 atom stereocenters. The van der Waals surface area contributed by atoms with E-state index in [0.717, 1.165) is 40.6 Å². The van der Waals surface area contributed by atoms with E-state index in [9.17, 15) is 4.79 Å². The summed E-state index contributed by atoms with van der Waals surface area (Å²) in [6.45, 7) is 6.90. The van der Waals surface area contributed by atoms with Crippen molar-refractivity contribution in [2.24, 2.45) is 0 Å². The third kappa shape index (κ3) is 5.16. The van der Waals surface area contributed by atoms with Crippen LogP contribution in [-0.4, -0.2) is 58.0 Å². The van der Waals surface area contributed by atoms with E-state index in [4.69, 9.17) is 9.47 Å². The third-order valence-electron chi connectivity index (χ3n) is 6.52. The van der Waals surface area contributed by atoms with Crippen LogP contribution in [0.1, 0.15) is 57.9 Å². The maximum Gasteiger partial charge on any atom is 0.410 e. The number of piperidine rings is 1. The summed E-state index contributed by atoms with van der Waals surface area (Å²) in [5, 5.41) is 14.5. The van der Waals surface area contributed by atoms with Crippen molar-refractivity contribution < 1.29 is 14.3 Å². The van der Waals surface area contributed by atoms with Crippen LogP contribution in [0.15, 0.2) is 36.7 Å². The molecule has 1 aliphatic carbocycles. The van der Waals surface area contributed by atoms with Crippen LogP contribution in [0.5, 0.6) is 5.75 Å². The first kappa shape index (κ1) is 23.3. The van der Waals surface area contributed by atoms with Crippen molar-refractivity contribution in [1.29, 1.82) is 0 Å². The van der Waals surface area contributed by atoms with Gasteiger partial charge in [-0.2, -0.15) is 0 Å². The highest BCUT2D eigenvalue weighted by atomic mass is 16.6. The first-order chi connectivity index (χ1) is 16.8. The minimum Gasteiger partial charge on any atom is -0.496 e. The van der Waals surface area contributed by atoms with Crippen LogP contribution in [0.25, 0.3) is 22.0 Å². The van der Waals surface area contributed by atoms with Crippen LogP contribution in [0.2, 0.25) is 0 Å². The predicted octanol–water partition coefficient (Wildman–Crippen LogP) is 5.39. The molecule has 1 aliphatic heterocycles. The fourth-order valence-corrected chi connectivity index (χ4v) is 4.66. The lowest BCUT2D eigenvalue weighted by molar-refractivity contribution is 0.0206. The van der Waals surface area contributed by atoms with Crippen LogP contribution in [-0.2, 0) is 4.74 Å². The Kier molecular flexibility index (Phi) is 6.21. The van der Waals surface area contributed by atoms with Gasteiger partial charge in [0.1, 0.15) is 17.0 Å². The number of anilines is 1. The minimum absolute atomic E-state index is 0.0483. The molecular formula is C27H33N5O3. The molecule has 0 bridgehead atoms. The van der Waals surface area contributed by atoms with Gasteiger partial charge in [-0.25, -0.2) is 4.79 Å². The smallest absolute Gasteiger partial charge is 0.410 e. The molecule has 1 saturated carbocycles. The van der Waals surface area contributed by atoms with Gasteiger partial charge in [0, 0.05) is 47.9 Å². The van der Waals surface area contributed by atoms with Crippen molar-refractivity contribution in [2.45, 2.75) is 64.0 Å². The number of likely N-dealkylation sites (tertiary alicyclic amines) is 1. The number of nitrogens with one attached hydrogen (secondary N) is 1. The van der Waals surface area contributed by atoms with Gasteiger partial charge in [-0.15, -0.1) is 10.2 Å². The number of fused-ring (bicyclic) bond motifs is 1. The summed E-state index contributed by atoms with van der Waals surface area (Å²) in [5.74, 6) is 2.12. The highest BCUT2D eigenvalue weighted by Crippen LogP contribution is 2.43. The largest absolute Gasteiger partial charge is 0.496 e. The molecule has 2 aromatic heterocycles. The molecule has 3 heterocycles. The lowest BCUT2D eigenvalue weighted by atomic mass is 10.0. The van der Waals surface area contributed by atoms with Crippen molar-refractivity contribution in [3.63, 3.8) is 0 Å². The molecule has 2 fully saturated rings. The maximum absolute atomic E-state index is 12.6. The Hall–Kier alpha value is -3.42. The topological polar surface area (TPSA) is 89.5 Å². The number of aromatic nitrogens is 3. The number of hydrogen-bond acceptors (Lipinski definition) is 7. The van der Waals surface area contributed by atoms with Gasteiger partial charge in [0.15, 0.2) is 5.82 Å². The van der Waals surface area contributed by atoms with Gasteiger partial charge in [0.05, 0.1) is 7.11 Å². The Morgan fingerprint density at radius 2 is 1.94 bits per heavy atom. The number of amides is 1. The molecule has 35 heavy (non-hydrogen) atoms. The number of pyridine rings is 1. The number of nitrogens with zero attached hydrogens (tertiary/aromatic N) is 4. The number of carbonyl (C=O) groups is 1. The number of rotatable bonds is 5. The summed E-state index contributed by atoms with van der Waals surface area (Å²) in [6.07, 6.45) is 7.61. The molecule has 184 valence electrons. The second-order valence-corrected chi connectivity index (χ2v) is 10.5. The second kappa shape index (κ2) is 9.32. The van der Waals surface area contributed by atoms with Gasteiger partial charge in [0.25, 0.3) is 0 Å². The van der Waals surface area contributed by atoms with Crippen LogP contribution >= 0.6 is 0 Å². The highest BCUT2D eigenvalue weighted by molar-refractivity contribution is 6.00. The Balaban J connectivity index is 1.41. The van der Waals surface area contributed by atoms with E-state index in [1.54, 1.807) is 18.2 Å². The van der Waals surface area contributed by atoms with E-state index < -0.39 is 5.60 Å².